The van der Waals surface area contributed by atoms with Crippen LogP contribution in [0.5, 0.6) is 0 Å². The molecule has 0 spiro atoms. The van der Waals surface area contributed by atoms with E-state index in [1.807, 2.05) is 0 Å². The van der Waals surface area contributed by atoms with Gasteiger partial charge in [-0.3, -0.25) is 4.79 Å². The molecule has 0 aromatic heterocycles. The normalized spacial score (nSPS) is 28.1. The van der Waals surface area contributed by atoms with Crippen LogP contribution < -0.4 is 5.32 Å². The van der Waals surface area contributed by atoms with E-state index in [9.17, 15) is 27.2 Å². The molecule has 5 nitrogen and oxygen atoms in total. The highest BCUT2D eigenvalue weighted by molar-refractivity contribution is 6.31. The standard InChI is InChI=1S/C16H15ClF4N2O3/c17-10-2-1-3-11(18)13(10)7-4-12(7)22-15(26)23-5-8(14(24)25)9(6-23)16(19,20)21/h1-3,7-9,12H,4-6H2,(H,22,26)(H,24,25)/t7-,8-,9-,12-/m1/s1. The van der Waals surface area contributed by atoms with Crippen molar-refractivity contribution in [3.8, 4) is 0 Å². The number of hydrogen-bond acceptors (Lipinski definition) is 2. The first-order valence-corrected chi connectivity index (χ1v) is 8.26. The van der Waals surface area contributed by atoms with Crippen LogP contribution in [0, 0.1) is 17.7 Å². The van der Waals surface area contributed by atoms with Gasteiger partial charge in [0.05, 0.1) is 11.8 Å². The molecule has 1 saturated carbocycles. The molecule has 1 heterocycles. The van der Waals surface area contributed by atoms with Crippen LogP contribution in [-0.2, 0) is 4.79 Å². The predicted molar refractivity (Wildman–Crippen MR) is 83.3 cm³/mol. The van der Waals surface area contributed by atoms with Gasteiger partial charge in [-0.15, -0.1) is 0 Å². The van der Waals surface area contributed by atoms with Gasteiger partial charge in [0, 0.05) is 35.6 Å². The third-order valence-electron chi connectivity index (χ3n) is 4.81. The first-order chi connectivity index (χ1) is 12.1. The minimum Gasteiger partial charge on any atom is -0.481 e. The van der Waals surface area contributed by atoms with Crippen molar-refractivity contribution in [2.24, 2.45) is 11.8 Å². The molecule has 1 aliphatic heterocycles. The first-order valence-electron chi connectivity index (χ1n) is 7.88. The van der Waals surface area contributed by atoms with Crippen LogP contribution in [0.15, 0.2) is 18.2 Å². The van der Waals surface area contributed by atoms with Gasteiger partial charge < -0.3 is 15.3 Å². The molecule has 1 aromatic rings. The molecule has 4 atom stereocenters. The van der Waals surface area contributed by atoms with E-state index in [0.29, 0.717) is 6.42 Å². The number of carboxylic acids is 1. The SMILES string of the molecule is O=C(O)[C@@H]1CN(C(=O)N[C@@H]2C[C@H]2c2c(F)cccc2Cl)C[C@H]1C(F)(F)F. The zero-order valence-corrected chi connectivity index (χ0v) is 14.0. The van der Waals surface area contributed by atoms with E-state index >= 15 is 0 Å². The molecule has 0 bridgehead atoms. The van der Waals surface area contributed by atoms with Crippen molar-refractivity contribution in [2.45, 2.75) is 24.6 Å². The summed E-state index contributed by atoms with van der Waals surface area (Å²) in [4.78, 5) is 24.1. The van der Waals surface area contributed by atoms with E-state index < -0.39 is 55.0 Å². The maximum atomic E-state index is 13.9. The zero-order valence-electron chi connectivity index (χ0n) is 13.3. The molecule has 10 heteroatoms. The summed E-state index contributed by atoms with van der Waals surface area (Å²) >= 11 is 5.96. The molecule has 1 aromatic carbocycles. The first kappa shape index (κ1) is 18.8. The van der Waals surface area contributed by atoms with E-state index in [0.717, 1.165) is 4.90 Å². The Bertz CT molecular complexity index is 722. The maximum Gasteiger partial charge on any atom is 0.394 e. The Morgan fingerprint density at radius 1 is 1.27 bits per heavy atom. The molecular weight excluding hydrogens is 380 g/mol. The lowest BCUT2D eigenvalue weighted by Crippen LogP contribution is -2.41. The summed E-state index contributed by atoms with van der Waals surface area (Å²) in [6.07, 6.45) is -4.30. The molecule has 2 aliphatic rings. The summed E-state index contributed by atoms with van der Waals surface area (Å²) in [5.41, 5.74) is 0.262. The molecule has 26 heavy (non-hydrogen) atoms. The van der Waals surface area contributed by atoms with Gasteiger partial charge >= 0.3 is 18.2 Å². The summed E-state index contributed by atoms with van der Waals surface area (Å²) in [6, 6.07) is 2.96. The van der Waals surface area contributed by atoms with Crippen molar-refractivity contribution >= 4 is 23.6 Å². The Morgan fingerprint density at radius 3 is 2.50 bits per heavy atom. The van der Waals surface area contributed by atoms with Crippen molar-refractivity contribution in [1.82, 2.24) is 10.2 Å². The predicted octanol–water partition coefficient (Wildman–Crippen LogP) is 3.24. The summed E-state index contributed by atoms with van der Waals surface area (Å²) in [6.45, 7) is -1.24. The third-order valence-corrected chi connectivity index (χ3v) is 5.14. The fourth-order valence-corrected chi connectivity index (χ4v) is 3.64. The number of carboxylic acid groups (broad SMARTS) is 1. The van der Waals surface area contributed by atoms with Gasteiger partial charge in [-0.05, 0) is 18.6 Å². The number of hydrogen-bond donors (Lipinski definition) is 2. The second-order valence-electron chi connectivity index (χ2n) is 6.53. The minimum atomic E-state index is -4.71. The van der Waals surface area contributed by atoms with E-state index in [2.05, 4.69) is 5.32 Å². The number of urea groups is 1. The van der Waals surface area contributed by atoms with Gasteiger partial charge in [0.2, 0.25) is 0 Å². The number of alkyl halides is 3. The molecule has 0 radical (unpaired) electrons. The monoisotopic (exact) mass is 394 g/mol. The molecule has 0 unspecified atom stereocenters. The van der Waals surface area contributed by atoms with Crippen molar-refractivity contribution < 1.29 is 32.3 Å². The Morgan fingerprint density at radius 2 is 1.96 bits per heavy atom. The summed E-state index contributed by atoms with van der Waals surface area (Å²) < 4.78 is 52.8. The maximum absolute atomic E-state index is 13.9. The number of aliphatic carboxylic acids is 1. The molecule has 1 aliphatic carbocycles. The summed E-state index contributed by atoms with van der Waals surface area (Å²) in [5, 5.41) is 11.7. The van der Waals surface area contributed by atoms with Crippen LogP contribution in [0.2, 0.25) is 5.02 Å². The number of halogens is 5. The Labute approximate surface area is 150 Å². The van der Waals surface area contributed by atoms with Crippen LogP contribution in [-0.4, -0.2) is 47.3 Å². The topological polar surface area (TPSA) is 69.6 Å². The number of carbonyl (C=O) groups is 2. The summed E-state index contributed by atoms with van der Waals surface area (Å²) in [7, 11) is 0. The van der Waals surface area contributed by atoms with Crippen molar-refractivity contribution in [2.75, 3.05) is 13.1 Å². The molecule has 142 valence electrons. The Kier molecular flexibility index (Phi) is 4.76. The van der Waals surface area contributed by atoms with E-state index in [1.54, 1.807) is 0 Å². The smallest absolute Gasteiger partial charge is 0.394 e. The highest BCUT2D eigenvalue weighted by Gasteiger charge is 2.54. The highest BCUT2D eigenvalue weighted by atomic mass is 35.5. The average Bonchev–Trinajstić information content (AvgIpc) is 3.10. The number of amides is 2. The second-order valence-corrected chi connectivity index (χ2v) is 6.94. The average molecular weight is 395 g/mol. The van der Waals surface area contributed by atoms with Crippen LogP contribution in [0.1, 0.15) is 17.9 Å². The largest absolute Gasteiger partial charge is 0.481 e. The van der Waals surface area contributed by atoms with Gasteiger partial charge in [-0.25, -0.2) is 9.18 Å². The Hall–Kier alpha value is -2.03. The number of likely N-dealkylation sites (tertiary alicyclic amines) is 1. The Balaban J connectivity index is 1.64. The lowest BCUT2D eigenvalue weighted by molar-refractivity contribution is -0.187. The van der Waals surface area contributed by atoms with E-state index in [-0.39, 0.29) is 16.5 Å². The quantitative estimate of drug-likeness (QED) is 0.773. The van der Waals surface area contributed by atoms with Crippen molar-refractivity contribution in [3.05, 3.63) is 34.6 Å². The molecule has 2 amide bonds. The van der Waals surface area contributed by atoms with Gasteiger partial charge in [-0.2, -0.15) is 13.2 Å². The van der Waals surface area contributed by atoms with Gasteiger partial charge in [0.1, 0.15) is 5.82 Å². The number of rotatable bonds is 3. The lowest BCUT2D eigenvalue weighted by Gasteiger charge is -2.19. The number of benzene rings is 1. The molecule has 1 saturated heterocycles. The number of nitrogens with one attached hydrogen (secondary N) is 1. The van der Waals surface area contributed by atoms with Crippen LogP contribution in [0.25, 0.3) is 0 Å². The number of carbonyl (C=O) groups excluding carboxylic acids is 1. The molecular formula is C16H15ClF4N2O3. The second kappa shape index (κ2) is 6.61. The van der Waals surface area contributed by atoms with Crippen LogP contribution in [0.4, 0.5) is 22.4 Å². The third kappa shape index (κ3) is 3.58. The van der Waals surface area contributed by atoms with Crippen molar-refractivity contribution in [3.63, 3.8) is 0 Å². The van der Waals surface area contributed by atoms with Gasteiger partial charge in [0.15, 0.2) is 0 Å². The van der Waals surface area contributed by atoms with Gasteiger partial charge in [0.25, 0.3) is 0 Å². The zero-order chi connectivity index (χ0) is 19.2. The molecule has 3 rings (SSSR count). The van der Waals surface area contributed by atoms with Crippen LogP contribution >= 0.6 is 11.6 Å². The van der Waals surface area contributed by atoms with E-state index in [1.165, 1.54) is 18.2 Å². The number of nitrogens with zero attached hydrogens (tertiary/aromatic N) is 1. The summed E-state index contributed by atoms with van der Waals surface area (Å²) in [5.74, 6) is -6.27. The van der Waals surface area contributed by atoms with Crippen LogP contribution in [0.3, 0.4) is 0 Å². The van der Waals surface area contributed by atoms with Gasteiger partial charge in [-0.1, -0.05) is 17.7 Å². The fraction of sp³-hybridized carbons (Fsp3) is 0.500. The lowest BCUT2D eigenvalue weighted by atomic mass is 9.96. The fourth-order valence-electron chi connectivity index (χ4n) is 3.34. The van der Waals surface area contributed by atoms with Crippen molar-refractivity contribution in [1.29, 1.82) is 0 Å². The molecule has 2 N–H and O–H groups in total. The minimum absolute atomic E-state index is 0.219. The highest BCUT2D eigenvalue weighted by Crippen LogP contribution is 2.45. The molecule has 2 fully saturated rings. The van der Waals surface area contributed by atoms with E-state index in [4.69, 9.17) is 16.7 Å².